The second-order valence-electron chi connectivity index (χ2n) is 7.12. The average molecular weight is 380 g/mol. The van der Waals surface area contributed by atoms with E-state index in [-0.39, 0.29) is 5.91 Å². The van der Waals surface area contributed by atoms with Crippen LogP contribution in [-0.2, 0) is 13.1 Å². The number of aromatic nitrogens is 3. The Morgan fingerprint density at radius 2 is 2.07 bits per heavy atom. The minimum Gasteiger partial charge on any atom is -0.387 e. The van der Waals surface area contributed by atoms with Gasteiger partial charge in [0.2, 0.25) is 0 Å². The van der Waals surface area contributed by atoms with Crippen molar-refractivity contribution in [1.29, 1.82) is 0 Å². The first-order chi connectivity index (χ1) is 13.6. The number of aryl methyl sites for hydroxylation is 2. The summed E-state index contributed by atoms with van der Waals surface area (Å²) in [6.07, 6.45) is 0.834. The number of carbonyl (C=O) groups excluding carboxylic acids is 1. The number of carbonyl (C=O) groups is 1. The van der Waals surface area contributed by atoms with Crippen molar-refractivity contribution < 1.29 is 14.4 Å². The number of aliphatic hydroxyl groups is 1. The van der Waals surface area contributed by atoms with Gasteiger partial charge in [-0.05, 0) is 25.8 Å². The van der Waals surface area contributed by atoms with Gasteiger partial charge in [-0.25, -0.2) is 0 Å². The number of fused-ring (bicyclic) bond motifs is 1. The van der Waals surface area contributed by atoms with Crippen LogP contribution in [0, 0.1) is 6.92 Å². The van der Waals surface area contributed by atoms with Crippen molar-refractivity contribution in [3.05, 3.63) is 59.1 Å². The maximum atomic E-state index is 13.4. The molecule has 7 nitrogen and oxygen atoms in total. The highest BCUT2D eigenvalue weighted by Crippen LogP contribution is 2.28. The third-order valence-corrected chi connectivity index (χ3v) is 5.17. The van der Waals surface area contributed by atoms with E-state index in [2.05, 4.69) is 10.3 Å². The predicted octanol–water partition coefficient (Wildman–Crippen LogP) is 3.34. The number of nitrogens with zero attached hydrogens (tertiary/aromatic N) is 4. The molecule has 3 aromatic rings. The van der Waals surface area contributed by atoms with Crippen LogP contribution in [0.2, 0.25) is 0 Å². The molecule has 0 saturated carbocycles. The molecule has 0 bridgehead atoms. The molecule has 7 heteroatoms. The zero-order valence-electron chi connectivity index (χ0n) is 16.1. The van der Waals surface area contributed by atoms with Crippen LogP contribution in [-0.4, -0.2) is 37.4 Å². The van der Waals surface area contributed by atoms with Gasteiger partial charge in [-0.3, -0.25) is 9.48 Å². The van der Waals surface area contributed by atoms with Gasteiger partial charge in [-0.1, -0.05) is 42.4 Å². The minimum absolute atomic E-state index is 0.0927. The van der Waals surface area contributed by atoms with Crippen LogP contribution < -0.4 is 0 Å². The fourth-order valence-corrected chi connectivity index (χ4v) is 3.61. The molecule has 1 amide bonds. The van der Waals surface area contributed by atoms with E-state index in [4.69, 9.17) is 4.52 Å². The molecule has 1 aliphatic rings. The van der Waals surface area contributed by atoms with Crippen LogP contribution in [0.5, 0.6) is 0 Å². The number of amides is 1. The Bertz CT molecular complexity index is 977. The normalized spacial score (nSPS) is 15.2. The Morgan fingerprint density at radius 3 is 2.82 bits per heavy atom. The second-order valence-corrected chi connectivity index (χ2v) is 7.12. The molecule has 0 spiro atoms. The summed E-state index contributed by atoms with van der Waals surface area (Å²) < 4.78 is 7.27. The van der Waals surface area contributed by atoms with E-state index in [1.54, 1.807) is 6.92 Å². The molecule has 0 aliphatic carbocycles. The van der Waals surface area contributed by atoms with Gasteiger partial charge in [0.25, 0.3) is 5.91 Å². The molecule has 1 atom stereocenters. The number of hydrogen-bond acceptors (Lipinski definition) is 5. The largest absolute Gasteiger partial charge is 0.387 e. The third kappa shape index (κ3) is 3.33. The highest BCUT2D eigenvalue weighted by atomic mass is 16.5. The molecule has 0 radical (unpaired) electrons. The van der Waals surface area contributed by atoms with Crippen molar-refractivity contribution in [3.8, 4) is 11.3 Å². The van der Waals surface area contributed by atoms with Gasteiger partial charge < -0.3 is 14.5 Å². The number of benzene rings is 1. The van der Waals surface area contributed by atoms with Crippen LogP contribution in [0.25, 0.3) is 11.3 Å². The van der Waals surface area contributed by atoms with Gasteiger partial charge in [-0.15, -0.1) is 0 Å². The summed E-state index contributed by atoms with van der Waals surface area (Å²) in [5.41, 5.74) is 3.54. The number of aliphatic hydroxyl groups excluding tert-OH is 1. The summed E-state index contributed by atoms with van der Waals surface area (Å²) in [7, 11) is 0. The van der Waals surface area contributed by atoms with Crippen LogP contribution >= 0.6 is 0 Å². The van der Waals surface area contributed by atoms with Gasteiger partial charge >= 0.3 is 0 Å². The highest BCUT2D eigenvalue weighted by Gasteiger charge is 2.28. The molecule has 1 N–H and O–H groups in total. The number of rotatable bonds is 4. The van der Waals surface area contributed by atoms with E-state index < -0.39 is 6.10 Å². The second kappa shape index (κ2) is 7.59. The SMILES string of the molecule is CC[C@H](O)c1cc2n(n1)CCCN(C(=O)c1c(-c3ccccc3)noc1C)C2. The predicted molar refractivity (Wildman–Crippen MR) is 104 cm³/mol. The number of hydrogen-bond donors (Lipinski definition) is 1. The zero-order valence-corrected chi connectivity index (χ0v) is 16.1. The molecule has 146 valence electrons. The molecule has 4 rings (SSSR count). The lowest BCUT2D eigenvalue weighted by molar-refractivity contribution is 0.0744. The lowest BCUT2D eigenvalue weighted by Crippen LogP contribution is -2.31. The van der Waals surface area contributed by atoms with Crippen molar-refractivity contribution in [2.45, 2.75) is 45.9 Å². The van der Waals surface area contributed by atoms with Gasteiger partial charge in [-0.2, -0.15) is 5.10 Å². The lowest BCUT2D eigenvalue weighted by Gasteiger charge is -2.20. The smallest absolute Gasteiger partial charge is 0.260 e. The Kier molecular flexibility index (Phi) is 5.00. The Morgan fingerprint density at radius 1 is 1.29 bits per heavy atom. The highest BCUT2D eigenvalue weighted by molar-refractivity contribution is 6.00. The lowest BCUT2D eigenvalue weighted by atomic mass is 10.0. The quantitative estimate of drug-likeness (QED) is 0.750. The molecular weight excluding hydrogens is 356 g/mol. The van der Waals surface area contributed by atoms with Gasteiger partial charge in [0.15, 0.2) is 0 Å². The molecular formula is C21H24N4O3. The van der Waals surface area contributed by atoms with Crippen molar-refractivity contribution in [2.24, 2.45) is 0 Å². The van der Waals surface area contributed by atoms with E-state index in [0.717, 1.165) is 24.2 Å². The summed E-state index contributed by atoms with van der Waals surface area (Å²) in [4.78, 5) is 15.2. The molecule has 0 saturated heterocycles. The van der Waals surface area contributed by atoms with Gasteiger partial charge in [0, 0.05) is 18.7 Å². The van der Waals surface area contributed by atoms with E-state index >= 15 is 0 Å². The third-order valence-electron chi connectivity index (χ3n) is 5.17. The van der Waals surface area contributed by atoms with Gasteiger partial charge in [0.1, 0.15) is 17.0 Å². The molecule has 1 aliphatic heterocycles. The maximum Gasteiger partial charge on any atom is 0.260 e. The first kappa shape index (κ1) is 18.4. The molecule has 0 fully saturated rings. The minimum atomic E-state index is -0.575. The van der Waals surface area contributed by atoms with Crippen molar-refractivity contribution in [1.82, 2.24) is 19.8 Å². The molecule has 2 aromatic heterocycles. The van der Waals surface area contributed by atoms with Crippen molar-refractivity contribution in [3.63, 3.8) is 0 Å². The summed E-state index contributed by atoms with van der Waals surface area (Å²) in [5, 5.41) is 18.7. The first-order valence-corrected chi connectivity index (χ1v) is 9.64. The van der Waals surface area contributed by atoms with Crippen molar-refractivity contribution in [2.75, 3.05) is 6.54 Å². The van der Waals surface area contributed by atoms with E-state index in [1.807, 2.05) is 52.9 Å². The monoisotopic (exact) mass is 380 g/mol. The van der Waals surface area contributed by atoms with Crippen LogP contribution in [0.15, 0.2) is 40.9 Å². The molecule has 1 aromatic carbocycles. The van der Waals surface area contributed by atoms with Crippen LogP contribution in [0.3, 0.4) is 0 Å². The Labute approximate surface area is 163 Å². The van der Waals surface area contributed by atoms with Crippen LogP contribution in [0.4, 0.5) is 0 Å². The summed E-state index contributed by atoms with van der Waals surface area (Å²) in [6.45, 7) is 5.49. The van der Waals surface area contributed by atoms with Crippen molar-refractivity contribution >= 4 is 5.91 Å². The maximum absolute atomic E-state index is 13.4. The van der Waals surface area contributed by atoms with E-state index in [1.165, 1.54) is 0 Å². The van der Waals surface area contributed by atoms with E-state index in [0.29, 0.717) is 42.2 Å². The molecule has 0 unspecified atom stereocenters. The summed E-state index contributed by atoms with van der Waals surface area (Å²) in [6, 6.07) is 11.5. The van der Waals surface area contributed by atoms with E-state index in [9.17, 15) is 9.90 Å². The first-order valence-electron chi connectivity index (χ1n) is 9.64. The average Bonchev–Trinajstić information content (AvgIpc) is 3.24. The standard InChI is InChI=1S/C21H24N4O3/c1-3-18(26)17-12-16-13-24(10-7-11-25(16)22-17)21(27)19-14(2)28-23-20(19)15-8-5-4-6-9-15/h4-6,8-9,12,18,26H,3,7,10-11,13H2,1-2H3/t18-/m0/s1. The molecule has 3 heterocycles. The fraction of sp³-hybridized carbons (Fsp3) is 0.381. The summed E-state index contributed by atoms with van der Waals surface area (Å²) >= 11 is 0. The Balaban J connectivity index is 1.64. The Hall–Kier alpha value is -2.93. The van der Waals surface area contributed by atoms with Gasteiger partial charge in [0.05, 0.1) is 24.0 Å². The van der Waals surface area contributed by atoms with Crippen LogP contribution in [0.1, 0.15) is 53.4 Å². The zero-order chi connectivity index (χ0) is 19.7. The molecule has 28 heavy (non-hydrogen) atoms. The topological polar surface area (TPSA) is 84.4 Å². The fourth-order valence-electron chi connectivity index (χ4n) is 3.61. The summed E-state index contributed by atoms with van der Waals surface area (Å²) in [5.74, 6) is 0.425.